The van der Waals surface area contributed by atoms with Crippen LogP contribution in [0.2, 0.25) is 0 Å². The van der Waals surface area contributed by atoms with Crippen molar-refractivity contribution in [3.8, 4) is 12.3 Å². The molecule has 2 aromatic rings. The van der Waals surface area contributed by atoms with Gasteiger partial charge in [0.2, 0.25) is 5.91 Å². The largest absolute Gasteiger partial charge is 0.370 e. The average Bonchev–Trinajstić information content (AvgIpc) is 2.45. The number of hydrogen-bond donors (Lipinski definition) is 2. The van der Waals surface area contributed by atoms with Gasteiger partial charge in [0.25, 0.3) is 0 Å². The molecule has 1 unspecified atom stereocenters. The zero-order chi connectivity index (χ0) is 13.7. The summed E-state index contributed by atoms with van der Waals surface area (Å²) in [7, 11) is 0. The van der Waals surface area contributed by atoms with Gasteiger partial charge in [0.05, 0.1) is 0 Å². The standard InChI is InChI=1S/C16H14N2O/c1-2-12-7-6-10-14(11-12)18-15(16(17)19)13-8-4-3-5-9-13/h1,3-11,15,18H,(H2,17,19). The van der Waals surface area contributed by atoms with Crippen molar-refractivity contribution in [2.24, 2.45) is 5.73 Å². The number of nitrogens with one attached hydrogen (secondary N) is 1. The molecule has 0 saturated heterocycles. The van der Waals surface area contributed by atoms with Crippen LogP contribution in [0, 0.1) is 12.3 Å². The molecule has 0 fully saturated rings. The topological polar surface area (TPSA) is 55.1 Å². The first kappa shape index (κ1) is 12.7. The van der Waals surface area contributed by atoms with Crippen LogP contribution in [-0.2, 0) is 4.79 Å². The second-order valence-corrected chi connectivity index (χ2v) is 4.12. The number of hydrogen-bond acceptors (Lipinski definition) is 2. The van der Waals surface area contributed by atoms with Crippen LogP contribution in [0.4, 0.5) is 5.69 Å². The fourth-order valence-corrected chi connectivity index (χ4v) is 1.83. The van der Waals surface area contributed by atoms with E-state index < -0.39 is 11.9 Å². The van der Waals surface area contributed by atoms with Gasteiger partial charge in [0, 0.05) is 11.3 Å². The summed E-state index contributed by atoms with van der Waals surface area (Å²) in [5.74, 6) is 2.12. The molecule has 3 heteroatoms. The Balaban J connectivity index is 2.27. The smallest absolute Gasteiger partial charge is 0.244 e. The van der Waals surface area contributed by atoms with Crippen LogP contribution >= 0.6 is 0 Å². The van der Waals surface area contributed by atoms with Crippen LogP contribution in [-0.4, -0.2) is 5.91 Å². The predicted octanol–water partition coefficient (Wildman–Crippen LogP) is 2.31. The SMILES string of the molecule is C#Cc1cccc(NC(C(N)=O)c2ccccc2)c1. The molecule has 3 N–H and O–H groups in total. The van der Waals surface area contributed by atoms with Crippen molar-refractivity contribution in [3.63, 3.8) is 0 Å². The van der Waals surface area contributed by atoms with Gasteiger partial charge in [-0.05, 0) is 23.8 Å². The third-order valence-electron chi connectivity index (χ3n) is 2.76. The molecular weight excluding hydrogens is 236 g/mol. The maximum atomic E-state index is 11.6. The molecule has 94 valence electrons. The van der Waals surface area contributed by atoms with E-state index >= 15 is 0 Å². The van der Waals surface area contributed by atoms with Gasteiger partial charge >= 0.3 is 0 Å². The molecule has 19 heavy (non-hydrogen) atoms. The molecule has 0 aliphatic rings. The average molecular weight is 250 g/mol. The third kappa shape index (κ3) is 3.14. The molecule has 0 aliphatic heterocycles. The van der Waals surface area contributed by atoms with E-state index in [9.17, 15) is 4.79 Å². The molecule has 1 atom stereocenters. The molecule has 0 aromatic heterocycles. The monoisotopic (exact) mass is 250 g/mol. The first-order chi connectivity index (χ1) is 9.20. The van der Waals surface area contributed by atoms with Crippen LogP contribution < -0.4 is 11.1 Å². The van der Waals surface area contributed by atoms with Gasteiger partial charge in [-0.25, -0.2) is 0 Å². The second kappa shape index (κ2) is 5.74. The number of benzene rings is 2. The van der Waals surface area contributed by atoms with Gasteiger partial charge in [0.15, 0.2) is 0 Å². The minimum Gasteiger partial charge on any atom is -0.370 e. The van der Waals surface area contributed by atoms with Crippen molar-refractivity contribution in [2.45, 2.75) is 6.04 Å². The summed E-state index contributed by atoms with van der Waals surface area (Å²) < 4.78 is 0. The summed E-state index contributed by atoms with van der Waals surface area (Å²) in [4.78, 5) is 11.6. The van der Waals surface area contributed by atoms with E-state index in [1.54, 1.807) is 6.07 Å². The number of carbonyl (C=O) groups is 1. The maximum absolute atomic E-state index is 11.6. The summed E-state index contributed by atoms with van der Waals surface area (Å²) in [5, 5.41) is 3.10. The molecule has 0 aliphatic carbocycles. The van der Waals surface area contributed by atoms with Gasteiger partial charge in [-0.3, -0.25) is 4.79 Å². The Morgan fingerprint density at radius 2 is 1.89 bits per heavy atom. The first-order valence-electron chi connectivity index (χ1n) is 5.88. The Morgan fingerprint density at radius 3 is 2.53 bits per heavy atom. The molecule has 1 amide bonds. The summed E-state index contributed by atoms with van der Waals surface area (Å²) >= 11 is 0. The summed E-state index contributed by atoms with van der Waals surface area (Å²) in [6.45, 7) is 0. The van der Waals surface area contributed by atoms with Crippen molar-refractivity contribution in [1.29, 1.82) is 0 Å². The lowest BCUT2D eigenvalue weighted by molar-refractivity contribution is -0.118. The predicted molar refractivity (Wildman–Crippen MR) is 76.4 cm³/mol. The number of nitrogens with two attached hydrogens (primary N) is 1. The van der Waals surface area contributed by atoms with Crippen LogP contribution in [0.25, 0.3) is 0 Å². The number of amides is 1. The van der Waals surface area contributed by atoms with E-state index in [1.807, 2.05) is 48.5 Å². The summed E-state index contributed by atoms with van der Waals surface area (Å²) in [5.41, 5.74) is 7.78. The highest BCUT2D eigenvalue weighted by molar-refractivity contribution is 5.84. The molecular formula is C16H14N2O. The van der Waals surface area contributed by atoms with Crippen molar-refractivity contribution in [3.05, 3.63) is 65.7 Å². The number of anilines is 1. The lowest BCUT2D eigenvalue weighted by atomic mass is 10.1. The quantitative estimate of drug-likeness (QED) is 0.818. The highest BCUT2D eigenvalue weighted by Gasteiger charge is 2.16. The van der Waals surface area contributed by atoms with E-state index in [1.165, 1.54) is 0 Å². The maximum Gasteiger partial charge on any atom is 0.244 e. The zero-order valence-electron chi connectivity index (χ0n) is 10.3. The second-order valence-electron chi connectivity index (χ2n) is 4.12. The molecule has 0 bridgehead atoms. The van der Waals surface area contributed by atoms with E-state index in [0.717, 1.165) is 16.8 Å². The first-order valence-corrected chi connectivity index (χ1v) is 5.88. The van der Waals surface area contributed by atoms with Crippen LogP contribution in [0.15, 0.2) is 54.6 Å². The fraction of sp³-hybridized carbons (Fsp3) is 0.0625. The normalized spacial score (nSPS) is 11.3. The lowest BCUT2D eigenvalue weighted by Crippen LogP contribution is -2.27. The molecule has 2 aromatic carbocycles. The van der Waals surface area contributed by atoms with Crippen molar-refractivity contribution in [1.82, 2.24) is 0 Å². The minimum atomic E-state index is -0.575. The van der Waals surface area contributed by atoms with Crippen LogP contribution in [0.5, 0.6) is 0 Å². The van der Waals surface area contributed by atoms with Gasteiger partial charge in [-0.15, -0.1) is 6.42 Å². The molecule has 2 rings (SSSR count). The Labute approximate surface area is 112 Å². The van der Waals surface area contributed by atoms with Crippen LogP contribution in [0.3, 0.4) is 0 Å². The zero-order valence-corrected chi connectivity index (χ0v) is 10.3. The Bertz CT molecular complexity index is 614. The van der Waals surface area contributed by atoms with Crippen LogP contribution in [0.1, 0.15) is 17.2 Å². The molecule has 0 saturated carbocycles. The number of rotatable bonds is 4. The van der Waals surface area contributed by atoms with E-state index in [4.69, 9.17) is 12.2 Å². The molecule has 0 spiro atoms. The van der Waals surface area contributed by atoms with Gasteiger partial charge < -0.3 is 11.1 Å². The highest BCUT2D eigenvalue weighted by Crippen LogP contribution is 2.20. The summed E-state index contributed by atoms with van der Waals surface area (Å²) in [6, 6.07) is 16.1. The van der Waals surface area contributed by atoms with Crippen molar-refractivity contribution < 1.29 is 4.79 Å². The fourth-order valence-electron chi connectivity index (χ4n) is 1.83. The Morgan fingerprint density at radius 1 is 1.16 bits per heavy atom. The molecule has 0 heterocycles. The van der Waals surface area contributed by atoms with E-state index in [2.05, 4.69) is 11.2 Å². The van der Waals surface area contributed by atoms with Crippen molar-refractivity contribution >= 4 is 11.6 Å². The number of terminal acetylenes is 1. The van der Waals surface area contributed by atoms with Crippen molar-refractivity contribution in [2.75, 3.05) is 5.32 Å². The number of primary amides is 1. The summed E-state index contributed by atoms with van der Waals surface area (Å²) in [6.07, 6.45) is 5.35. The Kier molecular flexibility index (Phi) is 3.84. The minimum absolute atomic E-state index is 0.433. The molecule has 0 radical (unpaired) electrons. The number of carbonyl (C=O) groups excluding carboxylic acids is 1. The molecule has 3 nitrogen and oxygen atoms in total. The lowest BCUT2D eigenvalue weighted by Gasteiger charge is -2.17. The van der Waals surface area contributed by atoms with Gasteiger partial charge in [0.1, 0.15) is 6.04 Å². The van der Waals surface area contributed by atoms with E-state index in [0.29, 0.717) is 0 Å². The Hall–Kier alpha value is -2.73. The van der Waals surface area contributed by atoms with E-state index in [-0.39, 0.29) is 0 Å². The highest BCUT2D eigenvalue weighted by atomic mass is 16.1. The van der Waals surface area contributed by atoms with Gasteiger partial charge in [-0.2, -0.15) is 0 Å². The van der Waals surface area contributed by atoms with Gasteiger partial charge in [-0.1, -0.05) is 42.3 Å². The third-order valence-corrected chi connectivity index (χ3v) is 2.76.